The van der Waals surface area contributed by atoms with Crippen molar-refractivity contribution in [3.63, 3.8) is 0 Å². The van der Waals surface area contributed by atoms with Gasteiger partial charge in [0, 0.05) is 31.4 Å². The van der Waals surface area contributed by atoms with E-state index in [1.54, 1.807) is 0 Å². The first-order chi connectivity index (χ1) is 9.15. The fourth-order valence-electron chi connectivity index (χ4n) is 2.98. The number of likely N-dealkylation sites (tertiary alicyclic amines) is 1. The average molecular weight is 260 g/mol. The van der Waals surface area contributed by atoms with Crippen molar-refractivity contribution in [3.8, 4) is 5.75 Å². The van der Waals surface area contributed by atoms with Crippen LogP contribution < -0.4 is 10.1 Å². The number of anilines is 1. The van der Waals surface area contributed by atoms with E-state index < -0.39 is 0 Å². The molecular weight excluding hydrogens is 236 g/mol. The Kier molecular flexibility index (Phi) is 3.40. The number of nitrogens with one attached hydrogen (secondary N) is 1. The molecule has 0 unspecified atom stereocenters. The minimum absolute atomic E-state index is 0.00455. The Balaban J connectivity index is 1.72. The van der Waals surface area contributed by atoms with Gasteiger partial charge in [-0.2, -0.15) is 0 Å². The highest BCUT2D eigenvalue weighted by Gasteiger charge is 2.30. The van der Waals surface area contributed by atoms with Crippen LogP contribution >= 0.6 is 0 Å². The lowest BCUT2D eigenvalue weighted by Crippen LogP contribution is -2.44. The van der Waals surface area contributed by atoms with Crippen molar-refractivity contribution in [2.24, 2.45) is 0 Å². The molecule has 0 aromatic heterocycles. The number of piperidine rings is 1. The molecule has 0 saturated carbocycles. The number of hydrogen-bond acceptors (Lipinski definition) is 3. The van der Waals surface area contributed by atoms with E-state index in [2.05, 4.69) is 42.4 Å². The first-order valence-electron chi connectivity index (χ1n) is 7.39. The molecule has 1 fully saturated rings. The van der Waals surface area contributed by atoms with Crippen molar-refractivity contribution in [3.05, 3.63) is 23.8 Å². The second-order valence-electron chi connectivity index (χ2n) is 6.20. The predicted octanol–water partition coefficient (Wildman–Crippen LogP) is 2.91. The van der Waals surface area contributed by atoms with Crippen LogP contribution in [0.25, 0.3) is 0 Å². The summed E-state index contributed by atoms with van der Waals surface area (Å²) in [6, 6.07) is 6.53. The summed E-state index contributed by atoms with van der Waals surface area (Å²) >= 11 is 0. The number of benzene rings is 1. The smallest absolute Gasteiger partial charge is 0.122 e. The average Bonchev–Trinajstić information content (AvgIpc) is 2.42. The van der Waals surface area contributed by atoms with E-state index >= 15 is 0 Å². The highest BCUT2D eigenvalue weighted by molar-refractivity contribution is 5.56. The Morgan fingerprint density at radius 3 is 2.84 bits per heavy atom. The highest BCUT2D eigenvalue weighted by Crippen LogP contribution is 2.32. The maximum absolute atomic E-state index is 6.29. The summed E-state index contributed by atoms with van der Waals surface area (Å²) in [5, 5.41) is 3.47. The van der Waals surface area contributed by atoms with Gasteiger partial charge in [0.05, 0.1) is 0 Å². The Hall–Kier alpha value is -1.22. The van der Waals surface area contributed by atoms with Crippen LogP contribution in [-0.4, -0.2) is 37.2 Å². The molecule has 2 aliphatic rings. The molecule has 2 aliphatic heterocycles. The quantitative estimate of drug-likeness (QED) is 0.885. The van der Waals surface area contributed by atoms with Crippen molar-refractivity contribution < 1.29 is 4.74 Å². The summed E-state index contributed by atoms with van der Waals surface area (Å²) < 4.78 is 6.29. The minimum atomic E-state index is -0.00455. The Morgan fingerprint density at radius 1 is 1.26 bits per heavy atom. The van der Waals surface area contributed by atoms with Crippen molar-refractivity contribution in [1.29, 1.82) is 0 Å². The van der Waals surface area contributed by atoms with Crippen molar-refractivity contribution in [2.75, 3.05) is 32.0 Å². The van der Waals surface area contributed by atoms with Crippen molar-refractivity contribution in [2.45, 2.75) is 38.2 Å². The molecule has 1 saturated heterocycles. The SMILES string of the molecule is CN1CCC(C)(Oc2ccc3c(c2)NCCC3)CC1. The van der Waals surface area contributed by atoms with Gasteiger partial charge in [-0.05, 0) is 51.3 Å². The van der Waals surface area contributed by atoms with Crippen LogP contribution in [0, 0.1) is 0 Å². The number of nitrogens with zero attached hydrogens (tertiary/aromatic N) is 1. The van der Waals surface area contributed by atoms with Crippen LogP contribution in [0.15, 0.2) is 18.2 Å². The summed E-state index contributed by atoms with van der Waals surface area (Å²) in [6.45, 7) is 5.57. The second kappa shape index (κ2) is 5.04. The Bertz CT molecular complexity index is 450. The molecule has 0 bridgehead atoms. The fourth-order valence-corrected chi connectivity index (χ4v) is 2.98. The van der Waals surface area contributed by atoms with E-state index in [0.29, 0.717) is 0 Å². The number of ether oxygens (including phenoxy) is 1. The van der Waals surface area contributed by atoms with E-state index in [4.69, 9.17) is 4.74 Å². The molecule has 3 nitrogen and oxygen atoms in total. The van der Waals surface area contributed by atoms with Gasteiger partial charge in [0.15, 0.2) is 0 Å². The van der Waals surface area contributed by atoms with Gasteiger partial charge in [-0.1, -0.05) is 6.07 Å². The van der Waals surface area contributed by atoms with Gasteiger partial charge in [0.1, 0.15) is 11.4 Å². The normalized spacial score (nSPS) is 22.4. The summed E-state index contributed by atoms with van der Waals surface area (Å²) in [5.41, 5.74) is 2.68. The van der Waals surface area contributed by atoms with E-state index in [1.807, 2.05) is 0 Å². The zero-order valence-electron chi connectivity index (χ0n) is 12.0. The van der Waals surface area contributed by atoms with Gasteiger partial charge >= 0.3 is 0 Å². The van der Waals surface area contributed by atoms with Crippen LogP contribution in [0.4, 0.5) is 5.69 Å². The van der Waals surface area contributed by atoms with Crippen LogP contribution in [0.3, 0.4) is 0 Å². The molecule has 3 rings (SSSR count). The fraction of sp³-hybridized carbons (Fsp3) is 0.625. The van der Waals surface area contributed by atoms with Gasteiger partial charge in [-0.3, -0.25) is 0 Å². The first kappa shape index (κ1) is 12.8. The van der Waals surface area contributed by atoms with E-state index in [0.717, 1.165) is 38.2 Å². The molecule has 0 atom stereocenters. The third kappa shape index (κ3) is 2.86. The highest BCUT2D eigenvalue weighted by atomic mass is 16.5. The molecular formula is C16H24N2O. The minimum Gasteiger partial charge on any atom is -0.487 e. The molecule has 0 aliphatic carbocycles. The van der Waals surface area contributed by atoms with Gasteiger partial charge < -0.3 is 15.0 Å². The summed E-state index contributed by atoms with van der Waals surface area (Å²) in [5.74, 6) is 1.01. The number of fused-ring (bicyclic) bond motifs is 1. The number of aryl methyl sites for hydroxylation is 1. The summed E-state index contributed by atoms with van der Waals surface area (Å²) in [7, 11) is 2.18. The zero-order chi connectivity index (χ0) is 13.3. The lowest BCUT2D eigenvalue weighted by atomic mass is 9.93. The standard InChI is InChI=1S/C16H24N2O/c1-16(7-10-18(2)11-8-16)19-14-6-5-13-4-3-9-17-15(13)12-14/h5-6,12,17H,3-4,7-11H2,1-2H3. The second-order valence-corrected chi connectivity index (χ2v) is 6.20. The predicted molar refractivity (Wildman–Crippen MR) is 79.0 cm³/mol. The molecule has 0 radical (unpaired) electrons. The van der Waals surface area contributed by atoms with Crippen LogP contribution in [-0.2, 0) is 6.42 Å². The third-order valence-electron chi connectivity index (χ3n) is 4.43. The monoisotopic (exact) mass is 260 g/mol. The molecule has 104 valence electrons. The van der Waals surface area contributed by atoms with Crippen LogP contribution in [0.2, 0.25) is 0 Å². The molecule has 1 aromatic rings. The van der Waals surface area contributed by atoms with Gasteiger partial charge in [0.2, 0.25) is 0 Å². The molecule has 1 aromatic carbocycles. The lowest BCUT2D eigenvalue weighted by molar-refractivity contribution is 0.0241. The molecule has 19 heavy (non-hydrogen) atoms. The summed E-state index contributed by atoms with van der Waals surface area (Å²) in [4.78, 5) is 2.37. The van der Waals surface area contributed by atoms with E-state index in [1.165, 1.54) is 24.1 Å². The topological polar surface area (TPSA) is 24.5 Å². The third-order valence-corrected chi connectivity index (χ3v) is 4.43. The van der Waals surface area contributed by atoms with Crippen molar-refractivity contribution in [1.82, 2.24) is 4.90 Å². The van der Waals surface area contributed by atoms with E-state index in [-0.39, 0.29) is 5.60 Å². The lowest BCUT2D eigenvalue weighted by Gasteiger charge is -2.38. The summed E-state index contributed by atoms with van der Waals surface area (Å²) in [6.07, 6.45) is 4.63. The molecule has 1 N–H and O–H groups in total. The molecule has 2 heterocycles. The molecule has 3 heteroatoms. The number of rotatable bonds is 2. The zero-order valence-corrected chi connectivity index (χ0v) is 12.0. The van der Waals surface area contributed by atoms with Gasteiger partial charge in [-0.15, -0.1) is 0 Å². The molecule has 0 spiro atoms. The molecule has 0 amide bonds. The van der Waals surface area contributed by atoms with Crippen molar-refractivity contribution >= 4 is 5.69 Å². The Labute approximate surface area is 115 Å². The van der Waals surface area contributed by atoms with Gasteiger partial charge in [-0.25, -0.2) is 0 Å². The van der Waals surface area contributed by atoms with Crippen LogP contribution in [0.1, 0.15) is 31.7 Å². The Morgan fingerprint density at radius 2 is 2.05 bits per heavy atom. The van der Waals surface area contributed by atoms with Crippen LogP contribution in [0.5, 0.6) is 5.75 Å². The number of hydrogen-bond donors (Lipinski definition) is 1. The first-order valence-corrected chi connectivity index (χ1v) is 7.39. The van der Waals surface area contributed by atoms with E-state index in [9.17, 15) is 0 Å². The van der Waals surface area contributed by atoms with Gasteiger partial charge in [0.25, 0.3) is 0 Å². The largest absolute Gasteiger partial charge is 0.487 e. The maximum atomic E-state index is 6.29. The maximum Gasteiger partial charge on any atom is 0.122 e.